The number of hydrogen-bond acceptors (Lipinski definition) is 5. The summed E-state index contributed by atoms with van der Waals surface area (Å²) in [6.07, 6.45) is 3.14. The minimum absolute atomic E-state index is 0.118. The lowest BCUT2D eigenvalue weighted by molar-refractivity contribution is -0.113. The highest BCUT2D eigenvalue weighted by atomic mass is 79.9. The van der Waals surface area contributed by atoms with Crippen molar-refractivity contribution in [1.29, 1.82) is 0 Å². The summed E-state index contributed by atoms with van der Waals surface area (Å²) in [5, 5.41) is 3.45. The molecule has 0 atom stereocenters. The van der Waals surface area contributed by atoms with E-state index in [1.54, 1.807) is 12.4 Å². The van der Waals surface area contributed by atoms with Crippen LogP contribution >= 0.6 is 27.7 Å². The topological polar surface area (TPSA) is 64.1 Å². The molecule has 3 rings (SSSR count). The van der Waals surface area contributed by atoms with E-state index < -0.39 is 0 Å². The van der Waals surface area contributed by atoms with Gasteiger partial charge in [-0.1, -0.05) is 45.9 Å². The van der Waals surface area contributed by atoms with Crippen LogP contribution < -0.4 is 10.1 Å². The Labute approximate surface area is 164 Å². The Morgan fingerprint density at radius 1 is 1.15 bits per heavy atom. The number of thioether (sulfide) groups is 1. The molecule has 26 heavy (non-hydrogen) atoms. The fraction of sp³-hybridized carbons (Fsp3) is 0.105. The van der Waals surface area contributed by atoms with Gasteiger partial charge in [0.05, 0.1) is 5.75 Å². The molecule has 0 aliphatic carbocycles. The third-order valence-corrected chi connectivity index (χ3v) is 5.22. The van der Waals surface area contributed by atoms with E-state index in [4.69, 9.17) is 4.74 Å². The molecule has 0 aliphatic heterocycles. The summed E-state index contributed by atoms with van der Waals surface area (Å²) in [6, 6.07) is 15.0. The lowest BCUT2D eigenvalue weighted by Crippen LogP contribution is -2.14. The summed E-state index contributed by atoms with van der Waals surface area (Å²) in [7, 11) is 0. The van der Waals surface area contributed by atoms with Gasteiger partial charge in [-0.2, -0.15) is 0 Å². The van der Waals surface area contributed by atoms with Crippen molar-refractivity contribution in [2.75, 3.05) is 11.1 Å². The van der Waals surface area contributed by atoms with E-state index in [0.717, 1.165) is 15.7 Å². The third-order valence-electron chi connectivity index (χ3n) is 3.37. The Morgan fingerprint density at radius 2 is 1.92 bits per heavy atom. The van der Waals surface area contributed by atoms with Crippen molar-refractivity contribution < 1.29 is 9.53 Å². The Kier molecular flexibility index (Phi) is 6.25. The number of amides is 1. The number of ether oxygens (including phenoxy) is 1. The van der Waals surface area contributed by atoms with Crippen LogP contribution in [0.25, 0.3) is 0 Å². The highest BCUT2D eigenvalue weighted by molar-refractivity contribution is 9.10. The van der Waals surface area contributed by atoms with E-state index in [1.165, 1.54) is 11.8 Å². The zero-order valence-corrected chi connectivity index (χ0v) is 16.4. The first-order chi connectivity index (χ1) is 12.6. The molecule has 0 bridgehead atoms. The van der Waals surface area contributed by atoms with Crippen LogP contribution in [0.1, 0.15) is 5.56 Å². The van der Waals surface area contributed by atoms with Gasteiger partial charge < -0.3 is 10.1 Å². The van der Waals surface area contributed by atoms with E-state index in [1.807, 2.05) is 55.5 Å². The van der Waals surface area contributed by atoms with Crippen LogP contribution in [0.4, 0.5) is 5.69 Å². The van der Waals surface area contributed by atoms with Crippen LogP contribution in [-0.4, -0.2) is 21.6 Å². The molecule has 0 radical (unpaired) electrons. The molecule has 0 aliphatic rings. The van der Waals surface area contributed by atoms with Crippen molar-refractivity contribution in [3.63, 3.8) is 0 Å². The largest absolute Gasteiger partial charge is 0.437 e. The second kappa shape index (κ2) is 8.82. The SMILES string of the molecule is Cc1cc(NC(=O)CSc2nccnc2Oc2ccccc2)ccc1Br. The van der Waals surface area contributed by atoms with Crippen LogP contribution in [0.2, 0.25) is 0 Å². The highest BCUT2D eigenvalue weighted by Crippen LogP contribution is 2.28. The molecule has 1 aromatic heterocycles. The van der Waals surface area contributed by atoms with E-state index >= 15 is 0 Å². The van der Waals surface area contributed by atoms with E-state index in [0.29, 0.717) is 16.7 Å². The molecule has 1 heterocycles. The lowest BCUT2D eigenvalue weighted by atomic mass is 10.2. The summed E-state index contributed by atoms with van der Waals surface area (Å²) in [6.45, 7) is 1.97. The Morgan fingerprint density at radius 3 is 2.69 bits per heavy atom. The van der Waals surface area contributed by atoms with E-state index in [2.05, 4.69) is 31.2 Å². The zero-order chi connectivity index (χ0) is 18.4. The van der Waals surface area contributed by atoms with Crippen LogP contribution in [0.15, 0.2) is 70.4 Å². The average Bonchev–Trinajstić information content (AvgIpc) is 2.65. The Bertz CT molecular complexity index is 906. The standard InChI is InChI=1S/C19H16BrN3O2S/c1-13-11-14(7-8-16(13)20)23-17(24)12-26-19-18(21-9-10-22-19)25-15-5-3-2-4-6-15/h2-11H,12H2,1H3,(H,23,24). The summed E-state index contributed by atoms with van der Waals surface area (Å²) in [5.41, 5.74) is 1.82. The van der Waals surface area contributed by atoms with Gasteiger partial charge in [0, 0.05) is 22.6 Å². The molecule has 1 N–H and O–H groups in total. The molecule has 0 saturated carbocycles. The quantitative estimate of drug-likeness (QED) is 0.554. The minimum Gasteiger partial charge on any atom is -0.437 e. The van der Waals surface area contributed by atoms with Crippen LogP contribution in [-0.2, 0) is 4.79 Å². The van der Waals surface area contributed by atoms with Gasteiger partial charge in [0.15, 0.2) is 5.03 Å². The number of halogens is 1. The van der Waals surface area contributed by atoms with Gasteiger partial charge in [0.25, 0.3) is 5.88 Å². The van der Waals surface area contributed by atoms with Crippen LogP contribution in [0.3, 0.4) is 0 Å². The van der Waals surface area contributed by atoms with Crippen molar-refractivity contribution in [2.45, 2.75) is 11.9 Å². The van der Waals surface area contributed by atoms with Gasteiger partial charge in [-0.15, -0.1) is 0 Å². The number of rotatable bonds is 6. The first-order valence-electron chi connectivity index (χ1n) is 7.84. The summed E-state index contributed by atoms with van der Waals surface area (Å²) < 4.78 is 6.76. The number of aromatic nitrogens is 2. The van der Waals surface area contributed by atoms with E-state index in [-0.39, 0.29) is 11.7 Å². The third kappa shape index (κ3) is 5.06. The number of carbonyl (C=O) groups excluding carboxylic acids is 1. The fourth-order valence-corrected chi connectivity index (χ4v) is 3.07. The van der Waals surface area contributed by atoms with Gasteiger partial charge in [-0.3, -0.25) is 4.79 Å². The molecule has 5 nitrogen and oxygen atoms in total. The number of carbonyl (C=O) groups is 1. The number of nitrogens with zero attached hydrogens (tertiary/aromatic N) is 2. The van der Waals surface area contributed by atoms with Crippen molar-refractivity contribution in [3.8, 4) is 11.6 Å². The molecule has 0 unspecified atom stereocenters. The zero-order valence-electron chi connectivity index (χ0n) is 14.0. The molecule has 7 heteroatoms. The van der Waals surface area contributed by atoms with Gasteiger partial charge in [-0.05, 0) is 42.8 Å². The molecule has 0 fully saturated rings. The van der Waals surface area contributed by atoms with Gasteiger partial charge in [0.2, 0.25) is 5.91 Å². The Hall–Kier alpha value is -2.38. The van der Waals surface area contributed by atoms with Crippen LogP contribution in [0.5, 0.6) is 11.6 Å². The number of anilines is 1. The average molecular weight is 430 g/mol. The summed E-state index contributed by atoms with van der Waals surface area (Å²) in [4.78, 5) is 20.7. The normalized spacial score (nSPS) is 10.4. The summed E-state index contributed by atoms with van der Waals surface area (Å²) >= 11 is 4.73. The maximum atomic E-state index is 12.2. The van der Waals surface area contributed by atoms with Crippen LogP contribution in [0, 0.1) is 6.92 Å². The number of para-hydroxylation sites is 1. The van der Waals surface area contributed by atoms with Gasteiger partial charge >= 0.3 is 0 Å². The molecular formula is C19H16BrN3O2S. The molecule has 1 amide bonds. The highest BCUT2D eigenvalue weighted by Gasteiger charge is 2.11. The number of nitrogens with one attached hydrogen (secondary N) is 1. The first-order valence-corrected chi connectivity index (χ1v) is 9.62. The lowest BCUT2D eigenvalue weighted by Gasteiger charge is -2.09. The second-order valence-corrected chi connectivity index (χ2v) is 7.20. The Balaban J connectivity index is 1.62. The molecular weight excluding hydrogens is 414 g/mol. The molecule has 132 valence electrons. The van der Waals surface area contributed by atoms with Gasteiger partial charge in [-0.25, -0.2) is 9.97 Å². The predicted octanol–water partition coefficient (Wildman–Crippen LogP) is 5.07. The smallest absolute Gasteiger partial charge is 0.252 e. The van der Waals surface area contributed by atoms with Crippen molar-refractivity contribution in [3.05, 3.63) is 71.0 Å². The predicted molar refractivity (Wildman–Crippen MR) is 107 cm³/mol. The number of aryl methyl sites for hydroxylation is 1. The van der Waals surface area contributed by atoms with Crippen molar-refractivity contribution in [1.82, 2.24) is 9.97 Å². The first kappa shape index (κ1) is 18.4. The van der Waals surface area contributed by atoms with Crippen molar-refractivity contribution >= 4 is 39.3 Å². The maximum Gasteiger partial charge on any atom is 0.252 e. The number of hydrogen-bond donors (Lipinski definition) is 1. The van der Waals surface area contributed by atoms with Crippen molar-refractivity contribution in [2.24, 2.45) is 0 Å². The summed E-state index contributed by atoms with van der Waals surface area (Å²) in [5.74, 6) is 1.15. The second-order valence-electron chi connectivity index (χ2n) is 5.38. The van der Waals surface area contributed by atoms with E-state index in [9.17, 15) is 4.79 Å². The monoisotopic (exact) mass is 429 g/mol. The number of benzene rings is 2. The molecule has 2 aromatic carbocycles. The molecule has 0 spiro atoms. The fourth-order valence-electron chi connectivity index (χ4n) is 2.14. The minimum atomic E-state index is -0.118. The molecule has 3 aromatic rings. The molecule has 0 saturated heterocycles. The van der Waals surface area contributed by atoms with Gasteiger partial charge in [0.1, 0.15) is 5.75 Å². The maximum absolute atomic E-state index is 12.2.